The summed E-state index contributed by atoms with van der Waals surface area (Å²) in [5, 5.41) is 0. The first-order valence-corrected chi connectivity index (χ1v) is 3.57. The van der Waals surface area contributed by atoms with Crippen LogP contribution in [0.1, 0.15) is 20.8 Å². The van der Waals surface area contributed by atoms with Crippen molar-refractivity contribution in [2.75, 3.05) is 0 Å². The summed E-state index contributed by atoms with van der Waals surface area (Å²) >= 11 is 0.783. The van der Waals surface area contributed by atoms with Gasteiger partial charge in [-0.1, -0.05) is 17.7 Å². The number of hydrogen-bond acceptors (Lipinski definition) is 2. The predicted octanol–water partition coefficient (Wildman–Crippen LogP) is 3.06. The molecule has 0 atom stereocenters. The Morgan fingerprint density at radius 2 is 1.78 bits per heavy atom. The van der Waals surface area contributed by atoms with Gasteiger partial charge in [-0.2, -0.15) is 0 Å². The van der Waals surface area contributed by atoms with Crippen LogP contribution in [0.4, 0.5) is 0 Å². The van der Waals surface area contributed by atoms with E-state index in [-0.39, 0.29) is 0 Å². The first-order chi connectivity index (χ1) is 4.16. The minimum Gasteiger partial charge on any atom is -0.326 e. The maximum absolute atomic E-state index is 8.47. The molecule has 0 aliphatic heterocycles. The van der Waals surface area contributed by atoms with Crippen LogP contribution in [0.15, 0.2) is 22.6 Å². The van der Waals surface area contributed by atoms with Gasteiger partial charge in [-0.3, -0.25) is 0 Å². The SMILES string of the molecule is CC(C)=C/C=C(\C)SO. The molecular weight excluding hydrogens is 132 g/mol. The van der Waals surface area contributed by atoms with Gasteiger partial charge in [-0.15, -0.1) is 0 Å². The highest BCUT2D eigenvalue weighted by atomic mass is 32.2. The highest BCUT2D eigenvalue weighted by molar-refractivity contribution is 7.97. The van der Waals surface area contributed by atoms with Crippen LogP contribution in [-0.4, -0.2) is 4.55 Å². The molecule has 0 aliphatic rings. The molecular formula is C7H12OS. The molecule has 0 aromatic carbocycles. The molecule has 0 fully saturated rings. The van der Waals surface area contributed by atoms with E-state index >= 15 is 0 Å². The summed E-state index contributed by atoms with van der Waals surface area (Å²) in [5.74, 6) is 0. The number of rotatable bonds is 2. The van der Waals surface area contributed by atoms with Gasteiger partial charge in [0.15, 0.2) is 0 Å². The van der Waals surface area contributed by atoms with Crippen molar-refractivity contribution in [3.8, 4) is 0 Å². The molecule has 0 bridgehead atoms. The number of allylic oxidation sites excluding steroid dienone is 4. The Morgan fingerprint density at radius 3 is 2.11 bits per heavy atom. The van der Waals surface area contributed by atoms with Crippen LogP contribution in [0.3, 0.4) is 0 Å². The van der Waals surface area contributed by atoms with Crippen LogP contribution in [0.25, 0.3) is 0 Å². The van der Waals surface area contributed by atoms with Crippen molar-refractivity contribution in [3.63, 3.8) is 0 Å². The summed E-state index contributed by atoms with van der Waals surface area (Å²) in [6.07, 6.45) is 3.86. The maximum Gasteiger partial charge on any atom is 0.0196 e. The zero-order valence-corrected chi connectivity index (χ0v) is 6.83. The second-order valence-corrected chi connectivity index (χ2v) is 2.94. The van der Waals surface area contributed by atoms with Gasteiger partial charge in [0.05, 0.1) is 0 Å². The molecule has 0 rings (SSSR count). The lowest BCUT2D eigenvalue weighted by molar-refractivity contribution is 0.669. The predicted molar refractivity (Wildman–Crippen MR) is 43.4 cm³/mol. The van der Waals surface area contributed by atoms with Crippen LogP contribution < -0.4 is 0 Å². The van der Waals surface area contributed by atoms with Gasteiger partial charge in [0, 0.05) is 16.9 Å². The van der Waals surface area contributed by atoms with Crippen molar-refractivity contribution in [3.05, 3.63) is 22.6 Å². The standard InChI is InChI=1S/C7H12OS/c1-6(2)4-5-7(3)9-8/h4-5,8H,1-3H3/b7-5+. The quantitative estimate of drug-likeness (QED) is 0.475. The Bertz CT molecular complexity index is 132. The summed E-state index contributed by atoms with van der Waals surface area (Å²) in [5.41, 5.74) is 1.24. The van der Waals surface area contributed by atoms with Crippen LogP contribution in [0, 0.1) is 0 Å². The zero-order chi connectivity index (χ0) is 7.28. The first kappa shape index (κ1) is 8.79. The summed E-state index contributed by atoms with van der Waals surface area (Å²) in [6, 6.07) is 0. The molecule has 0 unspecified atom stereocenters. The highest BCUT2D eigenvalue weighted by Crippen LogP contribution is 2.08. The molecule has 0 aliphatic carbocycles. The Morgan fingerprint density at radius 1 is 1.22 bits per heavy atom. The van der Waals surface area contributed by atoms with Crippen LogP contribution in [-0.2, 0) is 0 Å². The topological polar surface area (TPSA) is 20.2 Å². The van der Waals surface area contributed by atoms with E-state index in [1.807, 2.05) is 32.9 Å². The molecule has 1 nitrogen and oxygen atoms in total. The zero-order valence-electron chi connectivity index (χ0n) is 6.01. The Hall–Kier alpha value is -0.210. The highest BCUT2D eigenvalue weighted by Gasteiger charge is 1.80. The van der Waals surface area contributed by atoms with E-state index in [0.29, 0.717) is 0 Å². The van der Waals surface area contributed by atoms with E-state index in [1.165, 1.54) is 5.57 Å². The Kier molecular flexibility index (Phi) is 4.54. The van der Waals surface area contributed by atoms with Crippen molar-refractivity contribution >= 4 is 12.0 Å². The second kappa shape index (κ2) is 4.65. The summed E-state index contributed by atoms with van der Waals surface area (Å²) < 4.78 is 8.47. The smallest absolute Gasteiger partial charge is 0.0196 e. The molecule has 0 aromatic heterocycles. The Balaban J connectivity index is 3.83. The van der Waals surface area contributed by atoms with Gasteiger partial charge in [0.2, 0.25) is 0 Å². The summed E-state index contributed by atoms with van der Waals surface area (Å²) in [6.45, 7) is 5.90. The van der Waals surface area contributed by atoms with E-state index in [9.17, 15) is 0 Å². The normalized spacial score (nSPS) is 11.3. The molecule has 2 heteroatoms. The van der Waals surface area contributed by atoms with E-state index in [4.69, 9.17) is 4.55 Å². The van der Waals surface area contributed by atoms with E-state index < -0.39 is 0 Å². The molecule has 0 saturated carbocycles. The molecule has 52 valence electrons. The fourth-order valence-corrected chi connectivity index (χ4v) is 0.443. The number of hydrogen-bond donors (Lipinski definition) is 1. The largest absolute Gasteiger partial charge is 0.326 e. The molecule has 0 aromatic rings. The summed E-state index contributed by atoms with van der Waals surface area (Å²) in [4.78, 5) is 0.913. The molecule has 0 spiro atoms. The average Bonchev–Trinajstić information content (AvgIpc) is 1.83. The van der Waals surface area contributed by atoms with Crippen molar-refractivity contribution in [2.24, 2.45) is 0 Å². The van der Waals surface area contributed by atoms with Gasteiger partial charge in [0.1, 0.15) is 0 Å². The molecule has 0 radical (unpaired) electrons. The minimum atomic E-state index is 0.783. The van der Waals surface area contributed by atoms with Crippen molar-refractivity contribution in [2.45, 2.75) is 20.8 Å². The Labute approximate surface area is 60.7 Å². The third-order valence-corrected chi connectivity index (χ3v) is 1.22. The molecule has 0 heterocycles. The minimum absolute atomic E-state index is 0.783. The summed E-state index contributed by atoms with van der Waals surface area (Å²) in [7, 11) is 0. The van der Waals surface area contributed by atoms with Crippen molar-refractivity contribution in [1.29, 1.82) is 0 Å². The third kappa shape index (κ3) is 5.66. The lowest BCUT2D eigenvalue weighted by Crippen LogP contribution is -1.64. The van der Waals surface area contributed by atoms with Crippen molar-refractivity contribution in [1.82, 2.24) is 0 Å². The fraction of sp³-hybridized carbons (Fsp3) is 0.429. The lowest BCUT2D eigenvalue weighted by atomic mass is 10.3. The van der Waals surface area contributed by atoms with E-state index in [2.05, 4.69) is 0 Å². The van der Waals surface area contributed by atoms with Crippen LogP contribution in [0.5, 0.6) is 0 Å². The van der Waals surface area contributed by atoms with E-state index in [0.717, 1.165) is 16.9 Å². The lowest BCUT2D eigenvalue weighted by Gasteiger charge is -1.87. The van der Waals surface area contributed by atoms with Gasteiger partial charge >= 0.3 is 0 Å². The van der Waals surface area contributed by atoms with Crippen LogP contribution >= 0.6 is 12.0 Å². The molecule has 0 saturated heterocycles. The molecule has 1 N–H and O–H groups in total. The van der Waals surface area contributed by atoms with Crippen molar-refractivity contribution < 1.29 is 4.55 Å². The first-order valence-electron chi connectivity index (χ1n) is 2.80. The van der Waals surface area contributed by atoms with E-state index in [1.54, 1.807) is 0 Å². The monoisotopic (exact) mass is 144 g/mol. The fourth-order valence-electron chi connectivity index (χ4n) is 0.314. The second-order valence-electron chi connectivity index (χ2n) is 2.11. The molecule has 0 amide bonds. The van der Waals surface area contributed by atoms with Gasteiger partial charge in [-0.25, -0.2) is 0 Å². The van der Waals surface area contributed by atoms with Gasteiger partial charge < -0.3 is 4.55 Å². The average molecular weight is 144 g/mol. The van der Waals surface area contributed by atoms with Crippen LogP contribution in [0.2, 0.25) is 0 Å². The van der Waals surface area contributed by atoms with Gasteiger partial charge in [0.25, 0.3) is 0 Å². The maximum atomic E-state index is 8.47. The third-order valence-electron chi connectivity index (χ3n) is 0.795. The van der Waals surface area contributed by atoms with Gasteiger partial charge in [-0.05, 0) is 20.8 Å². The molecule has 9 heavy (non-hydrogen) atoms.